The van der Waals surface area contributed by atoms with Gasteiger partial charge in [0, 0.05) is 6.42 Å². The van der Waals surface area contributed by atoms with Gasteiger partial charge in [0.1, 0.15) is 5.69 Å². The van der Waals surface area contributed by atoms with Gasteiger partial charge in [-0.2, -0.15) is 0 Å². The van der Waals surface area contributed by atoms with Crippen molar-refractivity contribution in [1.82, 2.24) is 20.3 Å². The maximum atomic E-state index is 12.0. The van der Waals surface area contributed by atoms with Crippen molar-refractivity contribution >= 4 is 11.3 Å². The smallest absolute Gasteiger partial charge is 0.271 e. The Kier molecular flexibility index (Phi) is 3.65. The Bertz CT molecular complexity index is 860. The van der Waals surface area contributed by atoms with Crippen LogP contribution in [0.1, 0.15) is 54.8 Å². The van der Waals surface area contributed by atoms with Gasteiger partial charge < -0.3 is 0 Å². The Morgan fingerprint density at radius 1 is 1.09 bits per heavy atom. The Labute approximate surface area is 132 Å². The summed E-state index contributed by atoms with van der Waals surface area (Å²) < 4.78 is 4.58. The molecular formula is C17H18N4O2. The number of nitrogens with one attached hydrogen (secondary N) is 1. The molecule has 23 heavy (non-hydrogen) atoms. The fraction of sp³-hybridized carbons (Fsp3) is 0.412. The van der Waals surface area contributed by atoms with Crippen molar-refractivity contribution in [3.63, 3.8) is 0 Å². The van der Waals surface area contributed by atoms with E-state index in [1.54, 1.807) is 0 Å². The maximum Gasteiger partial charge on any atom is 0.271 e. The zero-order valence-electron chi connectivity index (χ0n) is 12.8. The van der Waals surface area contributed by atoms with Gasteiger partial charge in [-0.1, -0.05) is 43.5 Å². The van der Waals surface area contributed by atoms with E-state index < -0.39 is 0 Å². The van der Waals surface area contributed by atoms with Crippen LogP contribution in [-0.2, 0) is 6.42 Å². The van der Waals surface area contributed by atoms with Gasteiger partial charge >= 0.3 is 0 Å². The van der Waals surface area contributed by atoms with Gasteiger partial charge in [-0.05, 0) is 40.2 Å². The number of aromatic nitrogens is 4. The van der Waals surface area contributed by atoms with E-state index in [0.29, 0.717) is 23.7 Å². The Hall–Kier alpha value is -2.50. The topological polar surface area (TPSA) is 84.7 Å². The van der Waals surface area contributed by atoms with Crippen LogP contribution in [0, 0.1) is 0 Å². The minimum atomic E-state index is -0.246. The molecule has 0 spiro atoms. The standard InChI is InChI=1S/C17H18N4O2/c22-17-14(18-15-16(19-17)21-23-20-15)10-11-6-8-13(9-7-11)12-4-2-1-3-5-12/h6-9,12H,1-5,10H2,(H,19,21,22). The lowest BCUT2D eigenvalue weighted by Gasteiger charge is -2.22. The molecule has 2 heterocycles. The first kappa shape index (κ1) is 14.1. The van der Waals surface area contributed by atoms with E-state index in [-0.39, 0.29) is 11.2 Å². The van der Waals surface area contributed by atoms with Gasteiger partial charge in [-0.25, -0.2) is 9.61 Å². The van der Waals surface area contributed by atoms with Crippen molar-refractivity contribution in [3.05, 3.63) is 51.4 Å². The monoisotopic (exact) mass is 310 g/mol. The molecule has 0 atom stereocenters. The lowest BCUT2D eigenvalue weighted by molar-refractivity contribution is 0.314. The number of hydrogen-bond acceptors (Lipinski definition) is 5. The van der Waals surface area contributed by atoms with E-state index >= 15 is 0 Å². The second-order valence-electron chi connectivity index (χ2n) is 6.20. The number of nitrogens with zero attached hydrogens (tertiary/aromatic N) is 3. The average molecular weight is 310 g/mol. The van der Waals surface area contributed by atoms with E-state index in [1.807, 2.05) is 0 Å². The number of benzene rings is 1. The minimum absolute atomic E-state index is 0.246. The number of fused-ring (bicyclic) bond motifs is 1. The highest BCUT2D eigenvalue weighted by molar-refractivity contribution is 5.62. The van der Waals surface area contributed by atoms with E-state index in [4.69, 9.17) is 0 Å². The Morgan fingerprint density at radius 2 is 1.87 bits per heavy atom. The third kappa shape index (κ3) is 2.88. The summed E-state index contributed by atoms with van der Waals surface area (Å²) in [6.45, 7) is 0. The molecule has 0 saturated heterocycles. The molecule has 3 aromatic rings. The number of rotatable bonds is 3. The van der Waals surface area contributed by atoms with Crippen molar-refractivity contribution in [2.45, 2.75) is 44.4 Å². The van der Waals surface area contributed by atoms with Gasteiger partial charge in [-0.15, -0.1) is 0 Å². The highest BCUT2D eigenvalue weighted by atomic mass is 16.6. The third-order valence-electron chi connectivity index (χ3n) is 4.63. The Morgan fingerprint density at radius 3 is 2.65 bits per heavy atom. The largest absolute Gasteiger partial charge is 0.299 e. The second kappa shape index (κ2) is 5.95. The van der Waals surface area contributed by atoms with Crippen LogP contribution < -0.4 is 5.56 Å². The summed E-state index contributed by atoms with van der Waals surface area (Å²) in [5, 5.41) is 7.26. The molecule has 0 radical (unpaired) electrons. The lowest BCUT2D eigenvalue weighted by Crippen LogP contribution is -2.15. The first-order valence-corrected chi connectivity index (χ1v) is 8.10. The van der Waals surface area contributed by atoms with Crippen molar-refractivity contribution < 1.29 is 4.63 Å². The van der Waals surface area contributed by atoms with Crippen LogP contribution in [0.4, 0.5) is 0 Å². The van der Waals surface area contributed by atoms with Gasteiger partial charge in [0.15, 0.2) is 0 Å². The van der Waals surface area contributed by atoms with Gasteiger partial charge in [0.25, 0.3) is 5.56 Å². The number of hydrogen-bond donors (Lipinski definition) is 1. The summed E-state index contributed by atoms with van der Waals surface area (Å²) in [5.41, 5.74) is 3.28. The first-order chi connectivity index (χ1) is 11.3. The fourth-order valence-corrected chi connectivity index (χ4v) is 3.35. The summed E-state index contributed by atoms with van der Waals surface area (Å²) in [6, 6.07) is 8.57. The van der Waals surface area contributed by atoms with Crippen molar-refractivity contribution in [2.24, 2.45) is 0 Å². The SMILES string of the molecule is O=c1[nH]c2nonc2nc1Cc1ccc(C2CCCCC2)cc1. The highest BCUT2D eigenvalue weighted by Crippen LogP contribution is 2.32. The molecule has 6 nitrogen and oxygen atoms in total. The third-order valence-corrected chi connectivity index (χ3v) is 4.63. The molecule has 6 heteroatoms. The van der Waals surface area contributed by atoms with Crippen LogP contribution in [0.25, 0.3) is 11.3 Å². The number of H-pyrrole nitrogens is 1. The first-order valence-electron chi connectivity index (χ1n) is 8.10. The molecule has 1 aliphatic carbocycles. The van der Waals surface area contributed by atoms with Crippen LogP contribution in [-0.4, -0.2) is 20.3 Å². The van der Waals surface area contributed by atoms with E-state index in [9.17, 15) is 4.79 Å². The molecule has 1 aliphatic rings. The van der Waals surface area contributed by atoms with Crippen LogP contribution in [0.5, 0.6) is 0 Å². The summed E-state index contributed by atoms with van der Waals surface area (Å²) in [4.78, 5) is 18.9. The molecule has 0 bridgehead atoms. The molecule has 1 aromatic carbocycles. The van der Waals surface area contributed by atoms with Crippen LogP contribution in [0.2, 0.25) is 0 Å². The molecular weight excluding hydrogens is 292 g/mol. The number of aromatic amines is 1. The molecule has 4 rings (SSSR count). The normalized spacial score (nSPS) is 16.0. The predicted octanol–water partition coefficient (Wildman–Crippen LogP) is 2.94. The van der Waals surface area contributed by atoms with Crippen molar-refractivity contribution in [3.8, 4) is 0 Å². The lowest BCUT2D eigenvalue weighted by atomic mass is 9.84. The summed E-state index contributed by atoms with van der Waals surface area (Å²) in [6.07, 6.45) is 7.08. The van der Waals surface area contributed by atoms with Crippen LogP contribution >= 0.6 is 0 Å². The zero-order chi connectivity index (χ0) is 15.6. The molecule has 118 valence electrons. The molecule has 1 saturated carbocycles. The van der Waals surface area contributed by atoms with E-state index in [2.05, 4.69) is 49.2 Å². The maximum absolute atomic E-state index is 12.0. The highest BCUT2D eigenvalue weighted by Gasteiger charge is 2.15. The molecule has 0 unspecified atom stereocenters. The fourth-order valence-electron chi connectivity index (χ4n) is 3.35. The zero-order valence-corrected chi connectivity index (χ0v) is 12.8. The average Bonchev–Trinajstić information content (AvgIpc) is 3.04. The van der Waals surface area contributed by atoms with Gasteiger partial charge in [-0.3, -0.25) is 9.78 Å². The van der Waals surface area contributed by atoms with Crippen molar-refractivity contribution in [2.75, 3.05) is 0 Å². The summed E-state index contributed by atoms with van der Waals surface area (Å²) in [5.74, 6) is 0.692. The van der Waals surface area contributed by atoms with Crippen molar-refractivity contribution in [1.29, 1.82) is 0 Å². The van der Waals surface area contributed by atoms with Gasteiger partial charge in [0.05, 0.1) is 0 Å². The van der Waals surface area contributed by atoms with E-state index in [0.717, 1.165) is 5.56 Å². The van der Waals surface area contributed by atoms with Crippen LogP contribution in [0.3, 0.4) is 0 Å². The molecule has 1 N–H and O–H groups in total. The molecule has 0 aliphatic heterocycles. The summed E-state index contributed by atoms with van der Waals surface area (Å²) >= 11 is 0. The van der Waals surface area contributed by atoms with Gasteiger partial charge in [0.2, 0.25) is 11.3 Å². The molecule has 2 aromatic heterocycles. The van der Waals surface area contributed by atoms with Crippen LogP contribution in [0.15, 0.2) is 33.7 Å². The molecule has 1 fully saturated rings. The predicted molar refractivity (Wildman–Crippen MR) is 85.3 cm³/mol. The van der Waals surface area contributed by atoms with E-state index in [1.165, 1.54) is 37.7 Å². The minimum Gasteiger partial charge on any atom is -0.299 e. The quantitative estimate of drug-likeness (QED) is 0.804. The second-order valence-corrected chi connectivity index (χ2v) is 6.20. The molecule has 0 amide bonds. The Balaban J connectivity index is 1.55. The summed E-state index contributed by atoms with van der Waals surface area (Å²) in [7, 11) is 0.